The highest BCUT2D eigenvalue weighted by Crippen LogP contribution is 2.17. The predicted molar refractivity (Wildman–Crippen MR) is 93.2 cm³/mol. The van der Waals surface area contributed by atoms with Gasteiger partial charge in [0.15, 0.2) is 9.84 Å². The molecular weight excluding hydrogens is 366 g/mol. The third kappa shape index (κ3) is 4.94. The summed E-state index contributed by atoms with van der Waals surface area (Å²) in [5.41, 5.74) is 0. The first kappa shape index (κ1) is 19.2. The number of nitrogens with one attached hydrogen (secondary N) is 1. The average molecular weight is 385 g/mol. The van der Waals surface area contributed by atoms with Crippen LogP contribution in [0, 0.1) is 0 Å². The lowest BCUT2D eigenvalue weighted by molar-refractivity contribution is 0.414. The predicted octanol–water partition coefficient (Wildman–Crippen LogP) is 1.46. The highest BCUT2D eigenvalue weighted by molar-refractivity contribution is 7.91. The third-order valence-corrected chi connectivity index (χ3v) is 6.66. The summed E-state index contributed by atoms with van der Waals surface area (Å²) in [6, 6.07) is 11.7. The van der Waals surface area contributed by atoms with E-state index in [-0.39, 0.29) is 22.1 Å². The van der Waals surface area contributed by atoms with E-state index in [2.05, 4.69) is 4.72 Å². The molecule has 0 amide bonds. The standard InChI is InChI=1S/C16H19NO6S2/c1-22-13-3-7-15(8-4-13)24(18,19)12-11-17-25(20,21)16-9-5-14(23-2)6-10-16/h3-10,17H,11-12H2,1-2H3. The zero-order valence-electron chi connectivity index (χ0n) is 13.8. The zero-order valence-corrected chi connectivity index (χ0v) is 15.4. The molecular formula is C16H19NO6S2. The molecule has 7 nitrogen and oxygen atoms in total. The van der Waals surface area contributed by atoms with Crippen LogP contribution in [-0.4, -0.2) is 43.4 Å². The summed E-state index contributed by atoms with van der Waals surface area (Å²) in [6.45, 7) is -0.233. The Bertz CT molecular complexity index is 827. The van der Waals surface area contributed by atoms with E-state index < -0.39 is 19.9 Å². The number of sulfone groups is 1. The van der Waals surface area contributed by atoms with Gasteiger partial charge in [-0.3, -0.25) is 0 Å². The lowest BCUT2D eigenvalue weighted by Gasteiger charge is -2.09. The van der Waals surface area contributed by atoms with Crippen LogP contribution in [0.4, 0.5) is 0 Å². The molecule has 1 N–H and O–H groups in total. The Hall–Kier alpha value is -2.10. The zero-order chi connectivity index (χ0) is 18.5. The van der Waals surface area contributed by atoms with Crippen molar-refractivity contribution in [1.82, 2.24) is 4.72 Å². The second-order valence-electron chi connectivity index (χ2n) is 5.07. The number of rotatable bonds is 8. The van der Waals surface area contributed by atoms with Gasteiger partial charge in [-0.25, -0.2) is 21.6 Å². The van der Waals surface area contributed by atoms with E-state index in [9.17, 15) is 16.8 Å². The topological polar surface area (TPSA) is 98.8 Å². The third-order valence-electron chi connectivity index (χ3n) is 3.45. The van der Waals surface area contributed by atoms with Crippen molar-refractivity contribution >= 4 is 19.9 Å². The fraction of sp³-hybridized carbons (Fsp3) is 0.250. The first-order chi connectivity index (χ1) is 11.8. The van der Waals surface area contributed by atoms with Crippen LogP contribution in [0.25, 0.3) is 0 Å². The van der Waals surface area contributed by atoms with Gasteiger partial charge in [-0.1, -0.05) is 0 Å². The molecule has 25 heavy (non-hydrogen) atoms. The maximum Gasteiger partial charge on any atom is 0.240 e. The molecule has 0 aliphatic heterocycles. The van der Waals surface area contributed by atoms with Crippen molar-refractivity contribution in [2.45, 2.75) is 9.79 Å². The molecule has 2 aromatic carbocycles. The molecule has 0 aliphatic carbocycles. The van der Waals surface area contributed by atoms with Gasteiger partial charge in [0.25, 0.3) is 0 Å². The molecule has 0 unspecified atom stereocenters. The molecule has 0 atom stereocenters. The number of benzene rings is 2. The smallest absolute Gasteiger partial charge is 0.240 e. The van der Waals surface area contributed by atoms with Gasteiger partial charge in [0.2, 0.25) is 10.0 Å². The van der Waals surface area contributed by atoms with E-state index in [4.69, 9.17) is 9.47 Å². The maximum atomic E-state index is 12.2. The van der Waals surface area contributed by atoms with Gasteiger partial charge in [0.1, 0.15) is 11.5 Å². The summed E-state index contributed by atoms with van der Waals surface area (Å²) in [7, 11) is -4.43. The van der Waals surface area contributed by atoms with Crippen LogP contribution in [0.3, 0.4) is 0 Å². The van der Waals surface area contributed by atoms with E-state index in [1.807, 2.05) is 0 Å². The first-order valence-electron chi connectivity index (χ1n) is 7.29. The summed E-state index contributed by atoms with van der Waals surface area (Å²) < 4.78 is 61.1. The van der Waals surface area contributed by atoms with Crippen molar-refractivity contribution in [1.29, 1.82) is 0 Å². The Kier molecular flexibility index (Phi) is 6.04. The van der Waals surface area contributed by atoms with Crippen molar-refractivity contribution in [2.75, 3.05) is 26.5 Å². The Morgan fingerprint density at radius 1 is 0.760 bits per heavy atom. The Labute approximate surface area is 147 Å². The molecule has 0 saturated heterocycles. The van der Waals surface area contributed by atoms with Gasteiger partial charge in [-0.15, -0.1) is 0 Å². The summed E-state index contributed by atoms with van der Waals surface area (Å²) in [4.78, 5) is 0.145. The van der Waals surface area contributed by atoms with Gasteiger partial charge in [0.05, 0.1) is 29.8 Å². The molecule has 9 heteroatoms. The summed E-state index contributed by atoms with van der Waals surface area (Å²) >= 11 is 0. The molecule has 136 valence electrons. The molecule has 0 aromatic heterocycles. The molecule has 0 radical (unpaired) electrons. The Balaban J connectivity index is 2.02. The van der Waals surface area contributed by atoms with E-state index in [0.717, 1.165) is 0 Å². The van der Waals surface area contributed by atoms with E-state index >= 15 is 0 Å². The van der Waals surface area contributed by atoms with Crippen molar-refractivity contribution in [3.8, 4) is 11.5 Å². The number of hydrogen-bond acceptors (Lipinski definition) is 6. The highest BCUT2D eigenvalue weighted by atomic mass is 32.2. The molecule has 0 spiro atoms. The number of hydrogen-bond donors (Lipinski definition) is 1. The molecule has 2 rings (SSSR count). The van der Waals surface area contributed by atoms with Crippen molar-refractivity contribution < 1.29 is 26.3 Å². The number of sulfonamides is 1. The van der Waals surface area contributed by atoms with Gasteiger partial charge in [-0.2, -0.15) is 0 Å². The first-order valence-corrected chi connectivity index (χ1v) is 10.4. The van der Waals surface area contributed by atoms with Crippen LogP contribution < -0.4 is 14.2 Å². The molecule has 0 fully saturated rings. The molecule has 0 saturated carbocycles. The van der Waals surface area contributed by atoms with Crippen LogP contribution in [0.15, 0.2) is 58.3 Å². The van der Waals surface area contributed by atoms with Crippen LogP contribution in [-0.2, 0) is 19.9 Å². The Morgan fingerprint density at radius 2 is 1.20 bits per heavy atom. The monoisotopic (exact) mass is 385 g/mol. The lowest BCUT2D eigenvalue weighted by atomic mass is 10.3. The minimum absolute atomic E-state index is 0.0372. The van der Waals surface area contributed by atoms with Gasteiger partial charge >= 0.3 is 0 Å². The Morgan fingerprint density at radius 3 is 1.64 bits per heavy atom. The molecule has 0 aliphatic rings. The summed E-state index contributed by atoms with van der Waals surface area (Å²) in [6.07, 6.45) is 0. The van der Waals surface area contributed by atoms with Crippen LogP contribution in [0.1, 0.15) is 0 Å². The second-order valence-corrected chi connectivity index (χ2v) is 8.94. The SMILES string of the molecule is COc1ccc(S(=O)(=O)CCNS(=O)(=O)c2ccc(OC)cc2)cc1. The highest BCUT2D eigenvalue weighted by Gasteiger charge is 2.18. The molecule has 2 aromatic rings. The van der Waals surface area contributed by atoms with Crippen molar-refractivity contribution in [3.63, 3.8) is 0 Å². The second kappa shape index (κ2) is 7.85. The summed E-state index contributed by atoms with van der Waals surface area (Å²) in [5, 5.41) is 0. The summed E-state index contributed by atoms with van der Waals surface area (Å²) in [5.74, 6) is 0.717. The fourth-order valence-corrected chi connectivity index (χ4v) is 4.37. The normalized spacial score (nSPS) is 11.9. The lowest BCUT2D eigenvalue weighted by Crippen LogP contribution is -2.29. The molecule has 0 heterocycles. The quantitative estimate of drug-likeness (QED) is 0.739. The minimum Gasteiger partial charge on any atom is -0.497 e. The number of ether oxygens (including phenoxy) is 2. The van der Waals surface area contributed by atoms with Crippen LogP contribution in [0.5, 0.6) is 11.5 Å². The van der Waals surface area contributed by atoms with Gasteiger partial charge in [-0.05, 0) is 48.5 Å². The van der Waals surface area contributed by atoms with E-state index in [1.54, 1.807) is 0 Å². The molecule has 0 bridgehead atoms. The van der Waals surface area contributed by atoms with Crippen LogP contribution in [0.2, 0.25) is 0 Å². The van der Waals surface area contributed by atoms with Crippen LogP contribution >= 0.6 is 0 Å². The van der Waals surface area contributed by atoms with Gasteiger partial charge in [0, 0.05) is 6.54 Å². The van der Waals surface area contributed by atoms with Gasteiger partial charge < -0.3 is 9.47 Å². The fourth-order valence-electron chi connectivity index (χ4n) is 2.05. The van der Waals surface area contributed by atoms with Crippen molar-refractivity contribution in [2.24, 2.45) is 0 Å². The largest absolute Gasteiger partial charge is 0.497 e. The van der Waals surface area contributed by atoms with E-state index in [0.29, 0.717) is 11.5 Å². The van der Waals surface area contributed by atoms with Crippen molar-refractivity contribution in [3.05, 3.63) is 48.5 Å². The van der Waals surface area contributed by atoms with E-state index in [1.165, 1.54) is 62.8 Å². The minimum atomic E-state index is -3.79. The number of methoxy groups -OCH3 is 2. The maximum absolute atomic E-state index is 12.2. The average Bonchev–Trinajstić information content (AvgIpc) is 2.61.